The lowest BCUT2D eigenvalue weighted by Crippen LogP contribution is -2.39. The van der Waals surface area contributed by atoms with Crippen LogP contribution in [0.15, 0.2) is 42.7 Å². The number of rotatable bonds is 7. The summed E-state index contributed by atoms with van der Waals surface area (Å²) in [5.74, 6) is 0.366. The molecule has 2 aromatic rings. The highest BCUT2D eigenvalue weighted by Gasteiger charge is 2.34. The molecule has 0 spiro atoms. The van der Waals surface area contributed by atoms with Gasteiger partial charge in [0.25, 0.3) is 0 Å². The van der Waals surface area contributed by atoms with E-state index in [4.69, 9.17) is 0 Å². The fourth-order valence-corrected chi connectivity index (χ4v) is 4.59. The van der Waals surface area contributed by atoms with Crippen molar-refractivity contribution in [3.63, 3.8) is 0 Å². The van der Waals surface area contributed by atoms with Crippen LogP contribution in [0, 0.1) is 5.92 Å². The predicted octanol–water partition coefficient (Wildman–Crippen LogP) is 4.41. The molecular weight excluding hydrogens is 403 g/mol. The predicted molar refractivity (Wildman–Crippen MR) is 108 cm³/mol. The Balaban J connectivity index is 1.60. The van der Waals surface area contributed by atoms with E-state index in [1.807, 2.05) is 0 Å². The lowest BCUT2D eigenvalue weighted by molar-refractivity contribution is -0.137. The van der Waals surface area contributed by atoms with Crippen LogP contribution < -0.4 is 10.0 Å². The van der Waals surface area contributed by atoms with Crippen molar-refractivity contribution >= 4 is 15.7 Å². The molecule has 0 aliphatic heterocycles. The summed E-state index contributed by atoms with van der Waals surface area (Å²) in [4.78, 5) is 0. The Labute approximate surface area is 169 Å². The lowest BCUT2D eigenvalue weighted by Gasteiger charge is -2.29. The Morgan fingerprint density at radius 3 is 2.34 bits per heavy atom. The van der Waals surface area contributed by atoms with Crippen molar-refractivity contribution in [2.75, 3.05) is 17.6 Å². The lowest BCUT2D eigenvalue weighted by atomic mass is 9.86. The Morgan fingerprint density at radius 1 is 1.10 bits per heavy atom. The summed E-state index contributed by atoms with van der Waals surface area (Å²) in [5, 5.41) is 3.13. The van der Waals surface area contributed by atoms with Crippen molar-refractivity contribution in [2.24, 2.45) is 5.92 Å². The monoisotopic (exact) mass is 429 g/mol. The van der Waals surface area contributed by atoms with Crippen molar-refractivity contribution in [3.8, 4) is 5.69 Å². The summed E-state index contributed by atoms with van der Waals surface area (Å²) < 4.78 is 68.1. The Morgan fingerprint density at radius 2 is 1.76 bits per heavy atom. The molecule has 1 heterocycles. The molecule has 0 radical (unpaired) electrons. The van der Waals surface area contributed by atoms with E-state index < -0.39 is 21.8 Å². The first-order valence-corrected chi connectivity index (χ1v) is 11.4. The first kappa shape index (κ1) is 21.7. The van der Waals surface area contributed by atoms with Gasteiger partial charge in [-0.1, -0.05) is 0 Å². The molecule has 2 N–H and O–H groups in total. The summed E-state index contributed by atoms with van der Waals surface area (Å²) in [6.07, 6.45) is 1.87. The molecule has 29 heavy (non-hydrogen) atoms. The molecule has 0 saturated heterocycles. The maximum Gasteiger partial charge on any atom is 0.418 e. The molecule has 1 aromatic carbocycles. The minimum atomic E-state index is -4.45. The molecule has 0 amide bonds. The zero-order valence-corrected chi connectivity index (χ0v) is 17.1. The third-order valence-corrected chi connectivity index (χ3v) is 6.80. The average Bonchev–Trinajstić information content (AvgIpc) is 3.21. The van der Waals surface area contributed by atoms with E-state index in [1.165, 1.54) is 10.6 Å². The molecule has 1 aliphatic carbocycles. The molecule has 1 aromatic heterocycles. The molecular formula is C20H26F3N3O2S. The van der Waals surface area contributed by atoms with Gasteiger partial charge in [-0.2, -0.15) is 13.2 Å². The zero-order valence-electron chi connectivity index (χ0n) is 16.2. The third-order valence-electron chi connectivity index (χ3n) is 5.35. The quantitative estimate of drug-likeness (QED) is 0.686. The van der Waals surface area contributed by atoms with Gasteiger partial charge in [-0.25, -0.2) is 13.1 Å². The number of nitrogens with zero attached hydrogens (tertiary/aromatic N) is 1. The number of halogens is 3. The second kappa shape index (κ2) is 8.79. The highest BCUT2D eigenvalue weighted by atomic mass is 32.2. The number of sulfonamides is 1. The summed E-state index contributed by atoms with van der Waals surface area (Å²) >= 11 is 0. The van der Waals surface area contributed by atoms with E-state index in [0.29, 0.717) is 18.2 Å². The van der Waals surface area contributed by atoms with Crippen molar-refractivity contribution in [1.29, 1.82) is 0 Å². The van der Waals surface area contributed by atoms with Crippen molar-refractivity contribution in [1.82, 2.24) is 9.29 Å². The maximum absolute atomic E-state index is 13.5. The van der Waals surface area contributed by atoms with Crippen LogP contribution >= 0.6 is 0 Å². The van der Waals surface area contributed by atoms with Crippen LogP contribution in [-0.2, 0) is 16.2 Å². The number of hydrogen-bond donors (Lipinski definition) is 2. The Hall–Kier alpha value is -2.00. The second-order valence-corrected chi connectivity index (χ2v) is 9.48. The molecule has 9 heteroatoms. The average molecular weight is 430 g/mol. The first-order valence-electron chi connectivity index (χ1n) is 9.76. The molecule has 1 saturated carbocycles. The molecule has 1 aliphatic rings. The summed E-state index contributed by atoms with van der Waals surface area (Å²) in [6.45, 7) is 2.17. The molecule has 160 valence electrons. The Bertz CT molecular complexity index is 904. The number of benzene rings is 1. The van der Waals surface area contributed by atoms with Gasteiger partial charge in [0.15, 0.2) is 0 Å². The highest BCUT2D eigenvalue weighted by molar-refractivity contribution is 7.89. The minimum Gasteiger partial charge on any atom is -0.385 e. The fraction of sp³-hybridized carbons (Fsp3) is 0.500. The normalized spacial score (nSPS) is 20.6. The topological polar surface area (TPSA) is 63.1 Å². The van der Waals surface area contributed by atoms with Crippen LogP contribution in [-0.4, -0.2) is 31.3 Å². The number of nitrogens with one attached hydrogen (secondary N) is 2. The van der Waals surface area contributed by atoms with Crippen molar-refractivity contribution in [3.05, 3.63) is 48.3 Å². The summed E-state index contributed by atoms with van der Waals surface area (Å²) in [5.41, 5.74) is -0.157. The van der Waals surface area contributed by atoms with Gasteiger partial charge in [0, 0.05) is 30.7 Å². The minimum absolute atomic E-state index is 0.0473. The van der Waals surface area contributed by atoms with Gasteiger partial charge in [-0.05, 0) is 68.9 Å². The SMILES string of the molecule is CCS(=O)(=O)NC1CCC(CNc2ccc(-n3cccc3)c(C(F)(F)F)c2)CC1. The van der Waals surface area contributed by atoms with Crippen LogP contribution in [0.5, 0.6) is 0 Å². The number of anilines is 1. The van der Waals surface area contributed by atoms with Gasteiger partial charge in [0.1, 0.15) is 0 Å². The number of hydrogen-bond acceptors (Lipinski definition) is 3. The van der Waals surface area contributed by atoms with E-state index >= 15 is 0 Å². The molecule has 0 atom stereocenters. The smallest absolute Gasteiger partial charge is 0.385 e. The van der Waals surface area contributed by atoms with Gasteiger partial charge in [-0.3, -0.25) is 0 Å². The Kier molecular flexibility index (Phi) is 6.58. The van der Waals surface area contributed by atoms with Crippen LogP contribution in [0.3, 0.4) is 0 Å². The number of aromatic nitrogens is 1. The van der Waals surface area contributed by atoms with Crippen molar-refractivity contribution in [2.45, 2.75) is 44.8 Å². The van der Waals surface area contributed by atoms with E-state index in [1.54, 1.807) is 37.5 Å². The van der Waals surface area contributed by atoms with E-state index in [9.17, 15) is 21.6 Å². The van der Waals surface area contributed by atoms with Crippen LogP contribution in [0.4, 0.5) is 18.9 Å². The molecule has 5 nitrogen and oxygen atoms in total. The van der Waals surface area contributed by atoms with E-state index in [2.05, 4.69) is 10.0 Å². The van der Waals surface area contributed by atoms with Crippen LogP contribution in [0.1, 0.15) is 38.2 Å². The molecule has 1 fully saturated rings. The summed E-state index contributed by atoms with van der Waals surface area (Å²) in [7, 11) is -3.21. The molecule has 3 rings (SSSR count). The van der Waals surface area contributed by atoms with Crippen LogP contribution in [0.25, 0.3) is 5.69 Å². The maximum atomic E-state index is 13.5. The summed E-state index contributed by atoms with van der Waals surface area (Å²) in [6, 6.07) is 7.60. The zero-order chi connectivity index (χ0) is 21.1. The highest BCUT2D eigenvalue weighted by Crippen LogP contribution is 2.36. The van der Waals surface area contributed by atoms with Gasteiger partial charge >= 0.3 is 6.18 Å². The first-order chi connectivity index (χ1) is 13.7. The van der Waals surface area contributed by atoms with E-state index in [-0.39, 0.29) is 17.5 Å². The molecule has 0 bridgehead atoms. The van der Waals surface area contributed by atoms with Gasteiger partial charge in [0.05, 0.1) is 17.0 Å². The standard InChI is InChI=1S/C20H26F3N3O2S/c1-2-29(27,28)25-16-7-5-15(6-8-16)14-24-17-9-10-19(26-11-3-4-12-26)18(13-17)20(21,22)23/h3-4,9-13,15-16,24-25H,2,5-8,14H2,1H3. The second-order valence-electron chi connectivity index (χ2n) is 7.44. The third kappa shape index (κ3) is 5.76. The van der Waals surface area contributed by atoms with Crippen LogP contribution in [0.2, 0.25) is 0 Å². The van der Waals surface area contributed by atoms with Gasteiger partial charge in [0.2, 0.25) is 10.0 Å². The number of alkyl halides is 3. The van der Waals surface area contributed by atoms with Crippen molar-refractivity contribution < 1.29 is 21.6 Å². The van der Waals surface area contributed by atoms with Gasteiger partial charge < -0.3 is 9.88 Å². The fourth-order valence-electron chi connectivity index (χ4n) is 3.68. The largest absolute Gasteiger partial charge is 0.418 e. The van der Waals surface area contributed by atoms with E-state index in [0.717, 1.165) is 31.7 Å². The van der Waals surface area contributed by atoms with Gasteiger partial charge in [-0.15, -0.1) is 0 Å². The molecule has 0 unspecified atom stereocenters.